The first-order chi connectivity index (χ1) is 14.6. The van der Waals surface area contributed by atoms with Crippen LogP contribution in [0.3, 0.4) is 0 Å². The Hall–Kier alpha value is -3.93. The minimum absolute atomic E-state index is 0.0318. The van der Waals surface area contributed by atoms with Crippen molar-refractivity contribution in [3.63, 3.8) is 0 Å². The normalized spacial score (nSPS) is 10.7. The summed E-state index contributed by atoms with van der Waals surface area (Å²) < 4.78 is 19.6. The first kappa shape index (κ1) is 19.4. The molecule has 0 saturated carbocycles. The summed E-state index contributed by atoms with van der Waals surface area (Å²) in [6, 6.07) is 22.5. The third kappa shape index (κ3) is 4.22. The lowest BCUT2D eigenvalue weighted by molar-refractivity contribution is -0.116. The number of anilines is 2. The van der Waals surface area contributed by atoms with Crippen molar-refractivity contribution in [3.8, 4) is 0 Å². The molecule has 1 heterocycles. The van der Waals surface area contributed by atoms with Gasteiger partial charge in [-0.1, -0.05) is 54.6 Å². The lowest BCUT2D eigenvalue weighted by Crippen LogP contribution is -2.17. The molecule has 0 aliphatic rings. The van der Waals surface area contributed by atoms with Crippen molar-refractivity contribution in [3.05, 3.63) is 96.0 Å². The van der Waals surface area contributed by atoms with Crippen LogP contribution >= 0.6 is 0 Å². The molecule has 3 aromatic carbocycles. The van der Waals surface area contributed by atoms with Gasteiger partial charge in [0.2, 0.25) is 11.7 Å². The number of rotatable bonds is 6. The van der Waals surface area contributed by atoms with E-state index in [4.69, 9.17) is 4.42 Å². The molecular formula is C24H19FN2O3. The van der Waals surface area contributed by atoms with Crippen molar-refractivity contribution in [1.29, 1.82) is 0 Å². The molecule has 0 saturated heterocycles. The van der Waals surface area contributed by atoms with Gasteiger partial charge in [0, 0.05) is 11.8 Å². The molecule has 0 fully saturated rings. The van der Waals surface area contributed by atoms with Crippen LogP contribution in [0.5, 0.6) is 0 Å². The minimum Gasteiger partial charge on any atom is -0.449 e. The van der Waals surface area contributed by atoms with Gasteiger partial charge in [0.1, 0.15) is 17.1 Å². The molecule has 0 unspecified atom stereocenters. The molecule has 30 heavy (non-hydrogen) atoms. The Morgan fingerprint density at radius 2 is 1.53 bits per heavy atom. The third-order valence-electron chi connectivity index (χ3n) is 4.67. The van der Waals surface area contributed by atoms with Crippen LogP contribution in [0, 0.1) is 5.82 Å². The molecule has 2 N–H and O–H groups in total. The smallest absolute Gasteiger partial charge is 0.293 e. The fourth-order valence-corrected chi connectivity index (χ4v) is 3.18. The second kappa shape index (κ2) is 8.61. The van der Waals surface area contributed by atoms with Gasteiger partial charge in [-0.2, -0.15) is 0 Å². The molecule has 2 amide bonds. The maximum atomic E-state index is 13.9. The van der Waals surface area contributed by atoms with E-state index >= 15 is 0 Å². The van der Waals surface area contributed by atoms with E-state index in [1.54, 1.807) is 30.3 Å². The fraction of sp³-hybridized carbons (Fsp3) is 0.0833. The van der Waals surface area contributed by atoms with Crippen molar-refractivity contribution in [2.24, 2.45) is 0 Å². The van der Waals surface area contributed by atoms with Crippen molar-refractivity contribution in [1.82, 2.24) is 0 Å². The van der Waals surface area contributed by atoms with E-state index in [9.17, 15) is 14.0 Å². The average molecular weight is 402 g/mol. The van der Waals surface area contributed by atoms with E-state index in [1.165, 1.54) is 18.2 Å². The minimum atomic E-state index is -0.644. The Bertz CT molecular complexity index is 1200. The SMILES string of the molecule is O=C(CCc1ccccc1)Nc1c(C(=O)Nc2ccccc2F)oc2ccccc12. The van der Waals surface area contributed by atoms with Crippen LogP contribution in [0.15, 0.2) is 83.3 Å². The largest absolute Gasteiger partial charge is 0.449 e. The second-order valence-electron chi connectivity index (χ2n) is 6.77. The standard InChI is InChI=1S/C24H19FN2O3/c25-18-11-5-6-12-19(18)26-24(29)23-22(17-10-4-7-13-20(17)30-23)27-21(28)15-14-16-8-2-1-3-9-16/h1-13H,14-15H2,(H,26,29)(H,27,28). The Kier molecular flexibility index (Phi) is 5.57. The number of carbonyl (C=O) groups is 2. The van der Waals surface area contributed by atoms with Gasteiger partial charge in [-0.15, -0.1) is 0 Å². The molecular weight excluding hydrogens is 383 g/mol. The summed E-state index contributed by atoms with van der Waals surface area (Å²) in [7, 11) is 0. The van der Waals surface area contributed by atoms with Gasteiger partial charge < -0.3 is 15.1 Å². The Morgan fingerprint density at radius 3 is 2.33 bits per heavy atom. The highest BCUT2D eigenvalue weighted by Gasteiger charge is 2.23. The van der Waals surface area contributed by atoms with E-state index in [0.717, 1.165) is 5.56 Å². The molecule has 4 rings (SSSR count). The Labute approximate surface area is 172 Å². The van der Waals surface area contributed by atoms with Gasteiger partial charge in [-0.3, -0.25) is 9.59 Å². The van der Waals surface area contributed by atoms with E-state index in [1.807, 2.05) is 30.3 Å². The fourth-order valence-electron chi connectivity index (χ4n) is 3.18. The third-order valence-corrected chi connectivity index (χ3v) is 4.67. The highest BCUT2D eigenvalue weighted by molar-refractivity contribution is 6.14. The topological polar surface area (TPSA) is 71.3 Å². The number of fused-ring (bicyclic) bond motifs is 1. The van der Waals surface area contributed by atoms with E-state index < -0.39 is 11.7 Å². The van der Waals surface area contributed by atoms with Crippen molar-refractivity contribution < 1.29 is 18.4 Å². The summed E-state index contributed by atoms with van der Waals surface area (Å²) in [6.07, 6.45) is 0.817. The number of furan rings is 1. The quantitative estimate of drug-likeness (QED) is 0.454. The van der Waals surface area contributed by atoms with Gasteiger partial charge in [0.25, 0.3) is 5.91 Å². The summed E-state index contributed by atoms with van der Waals surface area (Å²) in [4.78, 5) is 25.4. The number of hydrogen-bond acceptors (Lipinski definition) is 3. The summed E-state index contributed by atoms with van der Waals surface area (Å²) in [5, 5.41) is 5.90. The summed E-state index contributed by atoms with van der Waals surface area (Å²) >= 11 is 0. The number of aryl methyl sites for hydroxylation is 1. The van der Waals surface area contributed by atoms with Gasteiger partial charge in [-0.25, -0.2) is 4.39 Å². The van der Waals surface area contributed by atoms with Gasteiger partial charge in [0.15, 0.2) is 0 Å². The molecule has 0 spiro atoms. The predicted octanol–water partition coefficient (Wildman–Crippen LogP) is 5.40. The highest BCUT2D eigenvalue weighted by atomic mass is 19.1. The number of benzene rings is 3. The zero-order chi connectivity index (χ0) is 20.9. The first-order valence-corrected chi connectivity index (χ1v) is 9.53. The van der Waals surface area contributed by atoms with Crippen molar-refractivity contribution >= 4 is 34.2 Å². The number of amides is 2. The van der Waals surface area contributed by atoms with Crippen LogP contribution in [-0.2, 0) is 11.2 Å². The van der Waals surface area contributed by atoms with Gasteiger partial charge in [0.05, 0.1) is 5.69 Å². The maximum Gasteiger partial charge on any atom is 0.293 e. The number of carbonyl (C=O) groups excluding carboxylic acids is 2. The molecule has 0 aliphatic heterocycles. The van der Waals surface area contributed by atoms with Crippen LogP contribution in [0.4, 0.5) is 15.8 Å². The first-order valence-electron chi connectivity index (χ1n) is 9.53. The highest BCUT2D eigenvalue weighted by Crippen LogP contribution is 2.32. The summed E-state index contributed by atoms with van der Waals surface area (Å²) in [5.74, 6) is -1.53. The molecule has 0 bridgehead atoms. The van der Waals surface area contributed by atoms with Crippen molar-refractivity contribution in [2.45, 2.75) is 12.8 Å². The van der Waals surface area contributed by atoms with Crippen LogP contribution in [0.1, 0.15) is 22.5 Å². The Balaban J connectivity index is 1.58. The zero-order valence-electron chi connectivity index (χ0n) is 16.0. The monoisotopic (exact) mass is 402 g/mol. The van der Waals surface area contributed by atoms with E-state index in [-0.39, 0.29) is 29.5 Å². The number of para-hydroxylation sites is 2. The predicted molar refractivity (Wildman–Crippen MR) is 114 cm³/mol. The molecule has 0 radical (unpaired) electrons. The lowest BCUT2D eigenvalue weighted by Gasteiger charge is -2.08. The number of nitrogens with one attached hydrogen (secondary N) is 2. The molecule has 5 nitrogen and oxygen atoms in total. The lowest BCUT2D eigenvalue weighted by atomic mass is 10.1. The molecule has 1 aromatic heterocycles. The van der Waals surface area contributed by atoms with Crippen LogP contribution < -0.4 is 10.6 Å². The summed E-state index contributed by atoms with van der Waals surface area (Å²) in [5.41, 5.74) is 1.80. The Morgan fingerprint density at radius 1 is 0.833 bits per heavy atom. The second-order valence-corrected chi connectivity index (χ2v) is 6.77. The van der Waals surface area contributed by atoms with Crippen LogP contribution in [0.25, 0.3) is 11.0 Å². The van der Waals surface area contributed by atoms with E-state index in [0.29, 0.717) is 17.4 Å². The van der Waals surface area contributed by atoms with Crippen molar-refractivity contribution in [2.75, 3.05) is 10.6 Å². The van der Waals surface area contributed by atoms with Gasteiger partial charge >= 0.3 is 0 Å². The zero-order valence-corrected chi connectivity index (χ0v) is 16.0. The van der Waals surface area contributed by atoms with Gasteiger partial charge in [-0.05, 0) is 36.2 Å². The molecule has 0 aliphatic carbocycles. The molecule has 150 valence electrons. The molecule has 4 aromatic rings. The molecule has 0 atom stereocenters. The van der Waals surface area contributed by atoms with Crippen LogP contribution in [0.2, 0.25) is 0 Å². The number of hydrogen-bond donors (Lipinski definition) is 2. The van der Waals surface area contributed by atoms with E-state index in [2.05, 4.69) is 10.6 Å². The maximum absolute atomic E-state index is 13.9. The average Bonchev–Trinajstić information content (AvgIpc) is 3.13. The molecule has 6 heteroatoms. The van der Waals surface area contributed by atoms with Crippen LogP contribution in [-0.4, -0.2) is 11.8 Å². The number of halogens is 1. The summed E-state index contributed by atoms with van der Waals surface area (Å²) in [6.45, 7) is 0.